The Kier molecular flexibility index (Phi) is 3.49. The predicted molar refractivity (Wildman–Crippen MR) is 91.6 cm³/mol. The first-order chi connectivity index (χ1) is 10.5. The first-order valence-electron chi connectivity index (χ1n) is 8.27. The highest BCUT2D eigenvalue weighted by Crippen LogP contribution is 2.52. The second-order valence-corrected chi connectivity index (χ2v) is 8.67. The lowest BCUT2D eigenvalue weighted by atomic mass is 9.97. The van der Waals surface area contributed by atoms with E-state index in [1.807, 2.05) is 30.5 Å². The molecule has 5 nitrogen and oxygen atoms in total. The minimum Gasteiger partial charge on any atom is -0.390 e. The summed E-state index contributed by atoms with van der Waals surface area (Å²) in [6.07, 6.45) is 0.957. The summed E-state index contributed by atoms with van der Waals surface area (Å²) in [5.74, 6) is 0.543. The third-order valence-electron chi connectivity index (χ3n) is 4.71. The van der Waals surface area contributed by atoms with Gasteiger partial charge >= 0.3 is 5.69 Å². The fourth-order valence-electron chi connectivity index (χ4n) is 3.42. The van der Waals surface area contributed by atoms with Crippen LogP contribution in [0.25, 0.3) is 11.2 Å². The van der Waals surface area contributed by atoms with Crippen molar-refractivity contribution in [1.82, 2.24) is 14.1 Å². The van der Waals surface area contributed by atoms with E-state index >= 15 is 0 Å². The summed E-state index contributed by atoms with van der Waals surface area (Å²) in [6, 6.07) is 4.02. The van der Waals surface area contributed by atoms with E-state index in [-0.39, 0.29) is 17.0 Å². The average Bonchev–Trinajstić information content (AvgIpc) is 3.18. The van der Waals surface area contributed by atoms with E-state index in [1.165, 1.54) is 0 Å². The topological polar surface area (TPSA) is 60.0 Å². The molecule has 2 heterocycles. The molecule has 23 heavy (non-hydrogen) atoms. The summed E-state index contributed by atoms with van der Waals surface area (Å²) in [7, 11) is 1.78. The van der Waals surface area contributed by atoms with Gasteiger partial charge in [0.2, 0.25) is 0 Å². The van der Waals surface area contributed by atoms with Gasteiger partial charge < -0.3 is 5.11 Å². The van der Waals surface area contributed by atoms with Crippen molar-refractivity contribution < 1.29 is 5.11 Å². The largest absolute Gasteiger partial charge is 0.390 e. The van der Waals surface area contributed by atoms with Gasteiger partial charge in [0.05, 0.1) is 11.1 Å². The Morgan fingerprint density at radius 2 is 1.91 bits per heavy atom. The van der Waals surface area contributed by atoms with Crippen molar-refractivity contribution in [2.24, 2.45) is 18.4 Å². The van der Waals surface area contributed by atoms with E-state index < -0.39 is 5.60 Å². The van der Waals surface area contributed by atoms with Crippen LogP contribution in [-0.2, 0) is 13.6 Å². The van der Waals surface area contributed by atoms with Gasteiger partial charge in [-0.3, -0.25) is 9.13 Å². The Labute approximate surface area is 137 Å². The molecule has 0 aliphatic heterocycles. The van der Waals surface area contributed by atoms with E-state index in [2.05, 4.69) is 20.8 Å². The maximum absolute atomic E-state index is 12.5. The SMILES string of the molecule is Cn1c(=O)n(CC(C)(C)C)c2ccc(C3C[C@H]3C(C)(C)O)nc21. The molecule has 5 heteroatoms. The van der Waals surface area contributed by atoms with Crippen molar-refractivity contribution >= 4 is 11.2 Å². The third kappa shape index (κ3) is 2.94. The van der Waals surface area contributed by atoms with Gasteiger partial charge in [0.25, 0.3) is 0 Å². The summed E-state index contributed by atoms with van der Waals surface area (Å²) in [5.41, 5.74) is 1.93. The van der Waals surface area contributed by atoms with Crippen LogP contribution in [0.2, 0.25) is 0 Å². The summed E-state index contributed by atoms with van der Waals surface area (Å²) in [6.45, 7) is 10.7. The molecule has 1 aliphatic rings. The van der Waals surface area contributed by atoms with Gasteiger partial charge in [-0.2, -0.15) is 0 Å². The first kappa shape index (κ1) is 16.2. The van der Waals surface area contributed by atoms with Gasteiger partial charge in [-0.25, -0.2) is 9.78 Å². The molecule has 0 bridgehead atoms. The predicted octanol–water partition coefficient (Wildman–Crippen LogP) is 2.66. The molecule has 0 amide bonds. The van der Waals surface area contributed by atoms with Gasteiger partial charge in [-0.15, -0.1) is 0 Å². The van der Waals surface area contributed by atoms with Crippen LogP contribution in [0.3, 0.4) is 0 Å². The third-order valence-corrected chi connectivity index (χ3v) is 4.71. The van der Waals surface area contributed by atoms with E-state index in [9.17, 15) is 9.90 Å². The van der Waals surface area contributed by atoms with Crippen LogP contribution in [0, 0.1) is 11.3 Å². The Morgan fingerprint density at radius 3 is 2.43 bits per heavy atom. The lowest BCUT2D eigenvalue weighted by Crippen LogP contribution is -2.27. The number of aryl methyl sites for hydroxylation is 1. The number of hydrogen-bond donors (Lipinski definition) is 1. The van der Waals surface area contributed by atoms with E-state index in [0.29, 0.717) is 12.5 Å². The van der Waals surface area contributed by atoms with Gasteiger partial charge in [0.15, 0.2) is 5.65 Å². The van der Waals surface area contributed by atoms with Crippen LogP contribution in [-0.4, -0.2) is 24.8 Å². The van der Waals surface area contributed by atoms with Crippen molar-refractivity contribution in [3.8, 4) is 0 Å². The molecular weight excluding hydrogens is 290 g/mol. The lowest BCUT2D eigenvalue weighted by molar-refractivity contribution is 0.0545. The van der Waals surface area contributed by atoms with Crippen molar-refractivity contribution in [1.29, 1.82) is 0 Å². The molecule has 0 saturated heterocycles. The molecule has 126 valence electrons. The van der Waals surface area contributed by atoms with Crippen molar-refractivity contribution in [2.45, 2.75) is 59.1 Å². The first-order valence-corrected chi connectivity index (χ1v) is 8.27. The molecule has 1 fully saturated rings. The van der Waals surface area contributed by atoms with Gasteiger partial charge in [-0.05, 0) is 43.7 Å². The minimum absolute atomic E-state index is 0.0191. The molecule has 1 unspecified atom stereocenters. The van der Waals surface area contributed by atoms with Gasteiger partial charge in [0, 0.05) is 25.2 Å². The number of aromatic nitrogens is 3. The van der Waals surface area contributed by atoms with Crippen LogP contribution in [0.15, 0.2) is 16.9 Å². The number of rotatable bonds is 3. The normalized spacial score (nSPS) is 21.9. The lowest BCUT2D eigenvalue weighted by Gasteiger charge is -2.18. The van der Waals surface area contributed by atoms with Crippen molar-refractivity contribution in [2.75, 3.05) is 0 Å². The van der Waals surface area contributed by atoms with Gasteiger partial charge in [0.1, 0.15) is 0 Å². The molecule has 2 atom stereocenters. The molecule has 1 saturated carbocycles. The fourth-order valence-corrected chi connectivity index (χ4v) is 3.42. The van der Waals surface area contributed by atoms with E-state index in [0.717, 1.165) is 23.3 Å². The number of pyridine rings is 1. The molecule has 0 aromatic carbocycles. The van der Waals surface area contributed by atoms with Crippen LogP contribution < -0.4 is 5.69 Å². The molecule has 2 aromatic rings. The fraction of sp³-hybridized carbons (Fsp3) is 0.667. The molecular formula is C18H27N3O2. The monoisotopic (exact) mass is 317 g/mol. The zero-order valence-electron chi connectivity index (χ0n) is 14.9. The molecule has 2 aromatic heterocycles. The average molecular weight is 317 g/mol. The summed E-state index contributed by atoms with van der Waals surface area (Å²) < 4.78 is 3.44. The van der Waals surface area contributed by atoms with E-state index in [4.69, 9.17) is 4.98 Å². The minimum atomic E-state index is -0.675. The number of nitrogens with zero attached hydrogens (tertiary/aromatic N) is 3. The van der Waals surface area contributed by atoms with Gasteiger partial charge in [-0.1, -0.05) is 20.8 Å². The van der Waals surface area contributed by atoms with Crippen LogP contribution in [0.4, 0.5) is 0 Å². The van der Waals surface area contributed by atoms with Crippen molar-refractivity contribution in [3.05, 3.63) is 28.3 Å². The molecule has 1 N–H and O–H groups in total. The molecule has 1 aliphatic carbocycles. The maximum Gasteiger partial charge on any atom is 0.330 e. The highest BCUT2D eigenvalue weighted by Gasteiger charge is 2.48. The maximum atomic E-state index is 12.5. The standard InChI is InChI=1S/C18H27N3O2/c1-17(2,3)10-21-14-8-7-13(11-9-12(11)18(4,5)23)19-15(14)20(6)16(21)22/h7-8,11-12,23H,9-10H2,1-6H3/t11?,12-/m1/s1. The molecule has 3 rings (SSSR count). The van der Waals surface area contributed by atoms with Crippen LogP contribution >= 0.6 is 0 Å². The number of hydrogen-bond acceptors (Lipinski definition) is 3. The Morgan fingerprint density at radius 1 is 1.26 bits per heavy atom. The Balaban J connectivity index is 2.02. The Hall–Kier alpha value is -1.62. The smallest absolute Gasteiger partial charge is 0.330 e. The second-order valence-electron chi connectivity index (χ2n) is 8.67. The van der Waals surface area contributed by atoms with E-state index in [1.54, 1.807) is 11.6 Å². The molecule has 0 spiro atoms. The molecule has 0 radical (unpaired) electrons. The quantitative estimate of drug-likeness (QED) is 0.947. The zero-order chi connectivity index (χ0) is 17.2. The number of imidazole rings is 1. The number of aliphatic hydroxyl groups is 1. The summed E-state index contributed by atoms with van der Waals surface area (Å²) in [4.78, 5) is 17.3. The number of fused-ring (bicyclic) bond motifs is 1. The second kappa shape index (κ2) is 4.94. The Bertz CT molecular complexity index is 802. The van der Waals surface area contributed by atoms with Crippen LogP contribution in [0.5, 0.6) is 0 Å². The van der Waals surface area contributed by atoms with Crippen LogP contribution in [0.1, 0.15) is 52.7 Å². The summed E-state index contributed by atoms with van der Waals surface area (Å²) >= 11 is 0. The summed E-state index contributed by atoms with van der Waals surface area (Å²) in [5, 5.41) is 10.1. The van der Waals surface area contributed by atoms with Crippen molar-refractivity contribution in [3.63, 3.8) is 0 Å². The highest BCUT2D eigenvalue weighted by molar-refractivity contribution is 5.72. The zero-order valence-corrected chi connectivity index (χ0v) is 14.9. The highest BCUT2D eigenvalue weighted by atomic mass is 16.3.